The summed E-state index contributed by atoms with van der Waals surface area (Å²) in [6.07, 6.45) is 3.42. The molecule has 10 heteroatoms. The number of carbonyl (C=O) groups is 1. The minimum absolute atomic E-state index is 0.119. The molecule has 0 bridgehead atoms. The Morgan fingerprint density at radius 3 is 2.39 bits per heavy atom. The van der Waals surface area contributed by atoms with E-state index in [1.807, 2.05) is 91.1 Å². The number of amides is 1. The standard InChI is InChI=1S/C26H22N8O2/c1-36-23-14-12-19(13-15-23)25-21(17-33(30-25)22-10-6-3-7-11-22)16-27-28-24(35)18-34-31-26(29-32-34)20-8-4-2-5-9-20/h2-17H,18H2,1H3,(H,28,35)/b27-16+. The van der Waals surface area contributed by atoms with E-state index in [0.717, 1.165) is 28.1 Å². The zero-order valence-corrected chi connectivity index (χ0v) is 19.4. The highest BCUT2D eigenvalue weighted by Crippen LogP contribution is 2.25. The average molecular weight is 479 g/mol. The van der Waals surface area contributed by atoms with Gasteiger partial charge in [0.1, 0.15) is 18.0 Å². The SMILES string of the molecule is COc1ccc(-c2nn(-c3ccccc3)cc2/C=N/NC(=O)Cn2nnc(-c3ccccc3)n2)cc1. The van der Waals surface area contributed by atoms with Crippen molar-refractivity contribution in [3.63, 3.8) is 0 Å². The first kappa shape index (κ1) is 22.7. The second-order valence-corrected chi connectivity index (χ2v) is 7.74. The van der Waals surface area contributed by atoms with Gasteiger partial charge in [0.25, 0.3) is 5.91 Å². The van der Waals surface area contributed by atoms with Gasteiger partial charge in [0.05, 0.1) is 19.0 Å². The molecule has 2 heterocycles. The van der Waals surface area contributed by atoms with Crippen molar-refractivity contribution in [1.82, 2.24) is 35.4 Å². The summed E-state index contributed by atoms with van der Waals surface area (Å²) in [6.45, 7) is -0.119. The van der Waals surface area contributed by atoms with Crippen LogP contribution in [0.2, 0.25) is 0 Å². The number of methoxy groups -OCH3 is 1. The van der Waals surface area contributed by atoms with Gasteiger partial charge in [-0.3, -0.25) is 4.79 Å². The molecule has 5 aromatic rings. The molecule has 0 saturated carbocycles. The van der Waals surface area contributed by atoms with Crippen LogP contribution in [0.1, 0.15) is 5.56 Å². The zero-order chi connectivity index (χ0) is 24.7. The molecule has 0 saturated heterocycles. The van der Waals surface area contributed by atoms with Gasteiger partial charge in [0.15, 0.2) is 0 Å². The number of ether oxygens (including phenoxy) is 1. The highest BCUT2D eigenvalue weighted by Gasteiger charge is 2.12. The molecule has 0 fully saturated rings. The van der Waals surface area contributed by atoms with Crippen LogP contribution >= 0.6 is 0 Å². The van der Waals surface area contributed by atoms with Crippen LogP contribution in [0.5, 0.6) is 5.75 Å². The molecule has 10 nitrogen and oxygen atoms in total. The predicted octanol–water partition coefficient (Wildman–Crippen LogP) is 3.35. The number of rotatable bonds is 8. The van der Waals surface area contributed by atoms with Crippen molar-refractivity contribution in [1.29, 1.82) is 0 Å². The lowest BCUT2D eigenvalue weighted by Crippen LogP contribution is -2.24. The number of hydrazone groups is 1. The van der Waals surface area contributed by atoms with Crippen LogP contribution < -0.4 is 10.2 Å². The number of para-hydroxylation sites is 1. The number of carbonyl (C=O) groups excluding carboxylic acids is 1. The molecule has 5 rings (SSSR count). The largest absolute Gasteiger partial charge is 0.497 e. The third-order valence-corrected chi connectivity index (χ3v) is 5.29. The lowest BCUT2D eigenvalue weighted by atomic mass is 10.1. The van der Waals surface area contributed by atoms with Crippen molar-refractivity contribution in [3.8, 4) is 34.1 Å². The molecule has 0 aliphatic heterocycles. The topological polar surface area (TPSA) is 112 Å². The summed E-state index contributed by atoms with van der Waals surface area (Å²) in [4.78, 5) is 13.6. The van der Waals surface area contributed by atoms with Crippen molar-refractivity contribution in [3.05, 3.63) is 96.7 Å². The number of nitrogens with zero attached hydrogens (tertiary/aromatic N) is 7. The Kier molecular flexibility index (Phi) is 6.57. The number of hydrogen-bond donors (Lipinski definition) is 1. The average Bonchev–Trinajstić information content (AvgIpc) is 3.57. The first-order chi connectivity index (χ1) is 17.7. The van der Waals surface area contributed by atoms with Gasteiger partial charge in [-0.05, 0) is 41.6 Å². The molecule has 0 aliphatic carbocycles. The predicted molar refractivity (Wildman–Crippen MR) is 135 cm³/mol. The van der Waals surface area contributed by atoms with Crippen molar-refractivity contribution in [2.75, 3.05) is 7.11 Å². The van der Waals surface area contributed by atoms with E-state index in [4.69, 9.17) is 9.84 Å². The molecule has 36 heavy (non-hydrogen) atoms. The van der Waals surface area contributed by atoms with Crippen LogP contribution in [-0.4, -0.2) is 49.2 Å². The van der Waals surface area contributed by atoms with E-state index in [2.05, 4.69) is 25.9 Å². The Morgan fingerprint density at radius 2 is 1.67 bits per heavy atom. The molecular formula is C26H22N8O2. The number of hydrogen-bond acceptors (Lipinski definition) is 7. The Morgan fingerprint density at radius 1 is 0.944 bits per heavy atom. The van der Waals surface area contributed by atoms with E-state index in [9.17, 15) is 4.79 Å². The first-order valence-electron chi connectivity index (χ1n) is 11.1. The molecule has 178 valence electrons. The molecule has 0 aliphatic rings. The lowest BCUT2D eigenvalue weighted by Gasteiger charge is -2.02. The second kappa shape index (κ2) is 10.4. The molecule has 0 spiro atoms. The molecular weight excluding hydrogens is 456 g/mol. The summed E-state index contributed by atoms with van der Waals surface area (Å²) in [7, 11) is 1.62. The van der Waals surface area contributed by atoms with Crippen molar-refractivity contribution >= 4 is 12.1 Å². The molecule has 0 radical (unpaired) electrons. The third kappa shape index (κ3) is 5.17. The second-order valence-electron chi connectivity index (χ2n) is 7.74. The minimum Gasteiger partial charge on any atom is -0.497 e. The van der Waals surface area contributed by atoms with Gasteiger partial charge in [-0.25, -0.2) is 10.1 Å². The lowest BCUT2D eigenvalue weighted by molar-refractivity contribution is -0.122. The van der Waals surface area contributed by atoms with Gasteiger partial charge in [0, 0.05) is 22.9 Å². The highest BCUT2D eigenvalue weighted by molar-refractivity contribution is 5.89. The summed E-state index contributed by atoms with van der Waals surface area (Å²) in [5.41, 5.74) is 6.58. The number of tetrazole rings is 1. The Hall–Kier alpha value is -5.12. The Balaban J connectivity index is 1.32. The maximum absolute atomic E-state index is 12.4. The van der Waals surface area contributed by atoms with Gasteiger partial charge in [-0.2, -0.15) is 15.0 Å². The zero-order valence-electron chi connectivity index (χ0n) is 19.4. The normalized spacial score (nSPS) is 11.0. The fourth-order valence-corrected chi connectivity index (χ4v) is 3.52. The van der Waals surface area contributed by atoms with Crippen LogP contribution in [0.15, 0.2) is 96.2 Å². The third-order valence-electron chi connectivity index (χ3n) is 5.29. The van der Waals surface area contributed by atoms with E-state index >= 15 is 0 Å². The van der Waals surface area contributed by atoms with Crippen molar-refractivity contribution in [2.45, 2.75) is 6.54 Å². The van der Waals surface area contributed by atoms with Crippen LogP contribution in [0.3, 0.4) is 0 Å². The molecule has 0 atom stereocenters. The molecule has 1 N–H and O–H groups in total. The minimum atomic E-state index is -0.385. The smallest absolute Gasteiger partial charge is 0.263 e. The molecule has 0 unspecified atom stereocenters. The van der Waals surface area contributed by atoms with Gasteiger partial charge in [-0.15, -0.1) is 10.2 Å². The monoisotopic (exact) mass is 478 g/mol. The maximum Gasteiger partial charge on any atom is 0.263 e. The van der Waals surface area contributed by atoms with Crippen molar-refractivity contribution in [2.24, 2.45) is 5.10 Å². The number of benzene rings is 3. The Labute approximate surface area is 206 Å². The van der Waals surface area contributed by atoms with E-state index in [1.54, 1.807) is 18.0 Å². The quantitative estimate of drug-likeness (QED) is 0.270. The number of aromatic nitrogens is 6. The van der Waals surface area contributed by atoms with Crippen LogP contribution in [-0.2, 0) is 11.3 Å². The summed E-state index contributed by atoms with van der Waals surface area (Å²) in [5.74, 6) is 0.815. The Bertz CT molecular complexity index is 1480. The highest BCUT2D eigenvalue weighted by atomic mass is 16.5. The van der Waals surface area contributed by atoms with Gasteiger partial charge in [-0.1, -0.05) is 48.5 Å². The van der Waals surface area contributed by atoms with Gasteiger partial charge in [0.2, 0.25) is 5.82 Å². The fraction of sp³-hybridized carbons (Fsp3) is 0.0769. The summed E-state index contributed by atoms with van der Waals surface area (Å²) in [5, 5.41) is 21.1. The van der Waals surface area contributed by atoms with Gasteiger partial charge < -0.3 is 4.74 Å². The van der Waals surface area contributed by atoms with E-state index in [0.29, 0.717) is 11.5 Å². The van der Waals surface area contributed by atoms with E-state index in [1.165, 1.54) is 4.80 Å². The van der Waals surface area contributed by atoms with Gasteiger partial charge >= 0.3 is 0 Å². The van der Waals surface area contributed by atoms with E-state index < -0.39 is 0 Å². The molecule has 1 amide bonds. The maximum atomic E-state index is 12.4. The van der Waals surface area contributed by atoms with Crippen LogP contribution in [0.25, 0.3) is 28.3 Å². The summed E-state index contributed by atoms with van der Waals surface area (Å²) >= 11 is 0. The first-order valence-corrected chi connectivity index (χ1v) is 11.1. The molecule has 3 aromatic carbocycles. The van der Waals surface area contributed by atoms with Crippen LogP contribution in [0.4, 0.5) is 0 Å². The fourth-order valence-electron chi connectivity index (χ4n) is 3.52. The molecule has 2 aromatic heterocycles. The summed E-state index contributed by atoms with van der Waals surface area (Å²) < 4.78 is 7.03. The van der Waals surface area contributed by atoms with E-state index in [-0.39, 0.29) is 12.5 Å². The summed E-state index contributed by atoms with van der Waals surface area (Å²) in [6, 6.07) is 26.8. The van der Waals surface area contributed by atoms with Crippen molar-refractivity contribution < 1.29 is 9.53 Å². The number of nitrogens with one attached hydrogen (secondary N) is 1. The van der Waals surface area contributed by atoms with Crippen LogP contribution in [0, 0.1) is 0 Å².